The van der Waals surface area contributed by atoms with Gasteiger partial charge in [-0.15, -0.1) is 0 Å². The van der Waals surface area contributed by atoms with E-state index in [1.165, 1.54) is 0 Å². The van der Waals surface area contributed by atoms with Crippen LogP contribution in [0.1, 0.15) is 39.5 Å². The normalized spacial score (nSPS) is 23.9. The number of hydrogen-bond acceptors (Lipinski definition) is 5. The smallest absolute Gasteiger partial charge is 0.408 e. The molecule has 0 bridgehead atoms. The average Bonchev–Trinajstić information content (AvgIpc) is 3.03. The van der Waals surface area contributed by atoms with Gasteiger partial charge in [0.25, 0.3) is 0 Å². The number of nitrogens with zero attached hydrogens (tertiary/aromatic N) is 3. The van der Waals surface area contributed by atoms with Crippen molar-refractivity contribution in [3.8, 4) is 0 Å². The number of likely N-dealkylation sites (tertiary alicyclic amines) is 1. The van der Waals surface area contributed by atoms with Gasteiger partial charge in [0.05, 0.1) is 17.7 Å². The minimum absolute atomic E-state index is 0.197. The van der Waals surface area contributed by atoms with Gasteiger partial charge in [-0.2, -0.15) is 0 Å². The Bertz CT molecular complexity index is 903. The van der Waals surface area contributed by atoms with Crippen LogP contribution in [0.2, 0.25) is 0 Å². The molecule has 1 aromatic carbocycles. The molecule has 7 nitrogen and oxygen atoms in total. The third kappa shape index (κ3) is 4.95. The SMILES string of the molecule is CC1CN(CC2CCN(C(=O)CCCn3c(=O)oc4ccccc43)CC2)CC(C)O1. The van der Waals surface area contributed by atoms with Gasteiger partial charge >= 0.3 is 5.76 Å². The van der Waals surface area contributed by atoms with E-state index in [1.807, 2.05) is 23.1 Å². The van der Waals surface area contributed by atoms with Crippen molar-refractivity contribution >= 4 is 17.0 Å². The van der Waals surface area contributed by atoms with Crippen molar-refractivity contribution in [3.05, 3.63) is 34.8 Å². The molecule has 0 N–H and O–H groups in total. The monoisotopic (exact) mass is 415 g/mol. The molecule has 4 rings (SSSR count). The van der Waals surface area contributed by atoms with Crippen LogP contribution in [0, 0.1) is 5.92 Å². The Morgan fingerprint density at radius 2 is 1.80 bits per heavy atom. The third-order valence-electron chi connectivity index (χ3n) is 6.32. The summed E-state index contributed by atoms with van der Waals surface area (Å²) in [5, 5.41) is 0. The second-order valence-corrected chi connectivity index (χ2v) is 8.89. The van der Waals surface area contributed by atoms with Crippen molar-refractivity contribution in [2.75, 3.05) is 32.7 Å². The highest BCUT2D eigenvalue weighted by molar-refractivity contribution is 5.76. The molecule has 2 saturated heterocycles. The van der Waals surface area contributed by atoms with E-state index in [0.29, 0.717) is 43.1 Å². The first kappa shape index (κ1) is 21.1. The van der Waals surface area contributed by atoms with Crippen LogP contribution >= 0.6 is 0 Å². The number of benzene rings is 1. The molecule has 0 aliphatic carbocycles. The van der Waals surface area contributed by atoms with Crippen LogP contribution in [0.3, 0.4) is 0 Å². The fourth-order valence-electron chi connectivity index (χ4n) is 4.94. The lowest BCUT2D eigenvalue weighted by Gasteiger charge is -2.39. The molecule has 3 heterocycles. The van der Waals surface area contributed by atoms with E-state index in [4.69, 9.17) is 9.15 Å². The molecule has 0 spiro atoms. The zero-order valence-corrected chi connectivity index (χ0v) is 18.1. The molecule has 2 aromatic rings. The Balaban J connectivity index is 1.21. The summed E-state index contributed by atoms with van der Waals surface area (Å²) in [6, 6.07) is 7.41. The number of carbonyl (C=O) groups excluding carboxylic acids is 1. The quantitative estimate of drug-likeness (QED) is 0.726. The van der Waals surface area contributed by atoms with Crippen LogP contribution in [0.4, 0.5) is 0 Å². The molecule has 164 valence electrons. The number of aromatic nitrogens is 1. The molecule has 2 aliphatic heterocycles. The predicted octanol–water partition coefficient (Wildman–Crippen LogP) is 2.72. The van der Waals surface area contributed by atoms with E-state index in [2.05, 4.69) is 18.7 Å². The molecule has 2 unspecified atom stereocenters. The lowest BCUT2D eigenvalue weighted by molar-refractivity contribution is -0.133. The van der Waals surface area contributed by atoms with E-state index in [1.54, 1.807) is 10.6 Å². The molecule has 2 fully saturated rings. The van der Waals surface area contributed by atoms with E-state index in [9.17, 15) is 9.59 Å². The summed E-state index contributed by atoms with van der Waals surface area (Å²) in [6.45, 7) is 9.59. The van der Waals surface area contributed by atoms with E-state index in [-0.39, 0.29) is 11.7 Å². The highest BCUT2D eigenvalue weighted by Gasteiger charge is 2.27. The Morgan fingerprint density at radius 1 is 1.10 bits per heavy atom. The zero-order valence-electron chi connectivity index (χ0n) is 18.1. The first-order valence-corrected chi connectivity index (χ1v) is 11.2. The molecule has 30 heavy (non-hydrogen) atoms. The molecule has 7 heteroatoms. The topological polar surface area (TPSA) is 67.9 Å². The third-order valence-corrected chi connectivity index (χ3v) is 6.32. The molecule has 1 aromatic heterocycles. The van der Waals surface area contributed by atoms with E-state index < -0.39 is 0 Å². The van der Waals surface area contributed by atoms with Gasteiger partial charge in [0.2, 0.25) is 5.91 Å². The number of aryl methyl sites for hydroxylation is 1. The molecule has 1 amide bonds. The Kier molecular flexibility index (Phi) is 6.58. The van der Waals surface area contributed by atoms with Crippen LogP contribution < -0.4 is 5.76 Å². The predicted molar refractivity (Wildman–Crippen MR) is 115 cm³/mol. The van der Waals surface area contributed by atoms with Gasteiger partial charge in [-0.25, -0.2) is 4.79 Å². The highest BCUT2D eigenvalue weighted by atomic mass is 16.5. The number of carbonyl (C=O) groups is 1. The van der Waals surface area contributed by atoms with Gasteiger partial charge in [-0.3, -0.25) is 14.3 Å². The number of ether oxygens (including phenoxy) is 1. The van der Waals surface area contributed by atoms with Gasteiger partial charge < -0.3 is 14.1 Å². The van der Waals surface area contributed by atoms with E-state index in [0.717, 1.165) is 51.1 Å². The van der Waals surface area contributed by atoms with Gasteiger partial charge in [0.15, 0.2) is 5.58 Å². The molecule has 0 radical (unpaired) electrons. The Labute approximate surface area is 177 Å². The number of rotatable bonds is 6. The van der Waals surface area contributed by atoms with Gasteiger partial charge in [0.1, 0.15) is 0 Å². The molecular formula is C23H33N3O4. The van der Waals surface area contributed by atoms with Crippen molar-refractivity contribution in [1.82, 2.24) is 14.4 Å². The van der Waals surface area contributed by atoms with Crippen LogP contribution in [0.5, 0.6) is 0 Å². The maximum Gasteiger partial charge on any atom is 0.419 e. The maximum absolute atomic E-state index is 12.6. The van der Waals surface area contributed by atoms with Gasteiger partial charge in [-0.1, -0.05) is 12.1 Å². The first-order valence-electron chi connectivity index (χ1n) is 11.2. The summed E-state index contributed by atoms with van der Waals surface area (Å²) < 4.78 is 12.7. The van der Waals surface area contributed by atoms with Gasteiger partial charge in [-0.05, 0) is 51.2 Å². The first-order chi connectivity index (χ1) is 14.5. The summed E-state index contributed by atoms with van der Waals surface area (Å²) in [4.78, 5) is 29.2. The summed E-state index contributed by atoms with van der Waals surface area (Å²) in [5.41, 5.74) is 1.39. The lowest BCUT2D eigenvalue weighted by Crippen LogP contribution is -2.48. The van der Waals surface area contributed by atoms with E-state index >= 15 is 0 Å². The molecule has 2 aliphatic rings. The number of morpholine rings is 1. The number of oxazole rings is 1. The van der Waals surface area contributed by atoms with Crippen LogP contribution in [-0.2, 0) is 16.1 Å². The fourth-order valence-corrected chi connectivity index (χ4v) is 4.94. The summed E-state index contributed by atoms with van der Waals surface area (Å²) in [5.74, 6) is 0.501. The summed E-state index contributed by atoms with van der Waals surface area (Å²) in [7, 11) is 0. The van der Waals surface area contributed by atoms with Crippen molar-refractivity contribution < 1.29 is 13.9 Å². The van der Waals surface area contributed by atoms with Gasteiger partial charge in [0, 0.05) is 45.7 Å². The minimum atomic E-state index is -0.351. The summed E-state index contributed by atoms with van der Waals surface area (Å²) >= 11 is 0. The Hall–Kier alpha value is -2.12. The fraction of sp³-hybridized carbons (Fsp3) is 0.652. The number of fused-ring (bicyclic) bond motifs is 1. The summed E-state index contributed by atoms with van der Waals surface area (Å²) in [6.07, 6.45) is 3.85. The van der Waals surface area contributed by atoms with Crippen LogP contribution in [-0.4, -0.2) is 65.2 Å². The largest absolute Gasteiger partial charge is 0.419 e. The number of piperidine rings is 1. The van der Waals surface area contributed by atoms with Crippen molar-refractivity contribution in [1.29, 1.82) is 0 Å². The highest BCUT2D eigenvalue weighted by Crippen LogP contribution is 2.22. The Morgan fingerprint density at radius 3 is 2.53 bits per heavy atom. The molecule has 0 saturated carbocycles. The van der Waals surface area contributed by atoms with Crippen molar-refractivity contribution in [3.63, 3.8) is 0 Å². The molecular weight excluding hydrogens is 382 g/mol. The van der Waals surface area contributed by atoms with Crippen molar-refractivity contribution in [2.24, 2.45) is 5.92 Å². The van der Waals surface area contributed by atoms with Crippen molar-refractivity contribution in [2.45, 2.75) is 58.3 Å². The average molecular weight is 416 g/mol. The lowest BCUT2D eigenvalue weighted by atomic mass is 9.95. The second kappa shape index (κ2) is 9.35. The number of amides is 1. The minimum Gasteiger partial charge on any atom is -0.408 e. The maximum atomic E-state index is 12.6. The molecule has 2 atom stereocenters. The number of para-hydroxylation sites is 2. The standard InChI is InChI=1S/C23H33N3O4/c1-17-14-24(15-18(2)29-17)16-19-9-12-25(13-10-19)22(27)8-5-11-26-20-6-3-4-7-21(20)30-23(26)28/h3-4,6-7,17-19H,5,8-16H2,1-2H3. The zero-order chi connectivity index (χ0) is 21.1. The number of hydrogen-bond donors (Lipinski definition) is 0. The van der Waals surface area contributed by atoms with Crippen LogP contribution in [0.15, 0.2) is 33.5 Å². The second-order valence-electron chi connectivity index (χ2n) is 8.89. The van der Waals surface area contributed by atoms with Crippen LogP contribution in [0.25, 0.3) is 11.1 Å².